The van der Waals surface area contributed by atoms with Gasteiger partial charge in [0.2, 0.25) is 0 Å². The second-order valence-electron chi connectivity index (χ2n) is 6.85. The molecule has 1 aliphatic heterocycles. The molecule has 0 saturated carbocycles. The van der Waals surface area contributed by atoms with Crippen molar-refractivity contribution in [3.05, 3.63) is 78.1 Å². The van der Waals surface area contributed by atoms with Crippen molar-refractivity contribution in [3.8, 4) is 5.75 Å². The summed E-state index contributed by atoms with van der Waals surface area (Å²) in [6.45, 7) is 3.70. The Kier molecular flexibility index (Phi) is 5.28. The third-order valence-electron chi connectivity index (χ3n) is 5.10. The highest BCUT2D eigenvalue weighted by atomic mass is 16.5. The third kappa shape index (κ3) is 3.86. The quantitative estimate of drug-likeness (QED) is 0.687. The molecular weight excluding hydrogens is 352 g/mol. The van der Waals surface area contributed by atoms with Crippen molar-refractivity contribution in [1.29, 1.82) is 0 Å². The van der Waals surface area contributed by atoms with Gasteiger partial charge in [-0.1, -0.05) is 24.3 Å². The molecule has 1 aromatic heterocycles. The van der Waals surface area contributed by atoms with E-state index in [-0.39, 0.29) is 5.91 Å². The number of anilines is 1. The zero-order valence-electron chi connectivity index (χ0n) is 16.0. The Bertz CT molecular complexity index is 914. The van der Waals surface area contributed by atoms with Crippen LogP contribution in [0, 0.1) is 0 Å². The largest absolute Gasteiger partial charge is 0.495 e. The van der Waals surface area contributed by atoms with Crippen LogP contribution in [0.3, 0.4) is 0 Å². The lowest BCUT2D eigenvalue weighted by Gasteiger charge is -2.36. The van der Waals surface area contributed by atoms with Gasteiger partial charge in [-0.25, -0.2) is 0 Å². The minimum atomic E-state index is 0.0883. The smallest absolute Gasteiger partial charge is 0.253 e. The van der Waals surface area contributed by atoms with E-state index in [1.807, 2.05) is 64.3 Å². The predicted molar refractivity (Wildman–Crippen MR) is 109 cm³/mol. The molecule has 0 spiro atoms. The number of ether oxygens (including phenoxy) is 1. The summed E-state index contributed by atoms with van der Waals surface area (Å²) >= 11 is 0. The fourth-order valence-corrected chi connectivity index (χ4v) is 3.56. The van der Waals surface area contributed by atoms with Crippen LogP contribution in [0.2, 0.25) is 0 Å². The van der Waals surface area contributed by atoms with E-state index in [1.54, 1.807) is 13.3 Å². The maximum atomic E-state index is 12.9. The molecular formula is C22H24N4O2. The molecule has 6 nitrogen and oxygen atoms in total. The molecule has 2 heterocycles. The van der Waals surface area contributed by atoms with E-state index in [0.717, 1.165) is 35.7 Å². The first kappa shape index (κ1) is 18.1. The predicted octanol–water partition coefficient (Wildman–Crippen LogP) is 2.90. The molecule has 2 aromatic carbocycles. The Morgan fingerprint density at radius 2 is 1.75 bits per heavy atom. The van der Waals surface area contributed by atoms with Crippen LogP contribution in [-0.4, -0.2) is 53.9 Å². The van der Waals surface area contributed by atoms with Gasteiger partial charge in [0.05, 0.1) is 19.3 Å². The van der Waals surface area contributed by atoms with Crippen LogP contribution >= 0.6 is 0 Å². The lowest BCUT2D eigenvalue weighted by atomic mass is 10.1. The van der Waals surface area contributed by atoms with Gasteiger partial charge in [0.25, 0.3) is 5.91 Å². The van der Waals surface area contributed by atoms with Gasteiger partial charge in [0, 0.05) is 44.1 Å². The number of aromatic nitrogens is 2. The lowest BCUT2D eigenvalue weighted by Crippen LogP contribution is -2.48. The maximum absolute atomic E-state index is 12.9. The lowest BCUT2D eigenvalue weighted by molar-refractivity contribution is 0.0746. The number of carbonyl (C=O) groups is 1. The molecule has 1 aliphatic rings. The average Bonchev–Trinajstić information content (AvgIpc) is 3.27. The molecule has 0 aliphatic carbocycles. The fraction of sp³-hybridized carbons (Fsp3) is 0.273. The maximum Gasteiger partial charge on any atom is 0.253 e. The van der Waals surface area contributed by atoms with E-state index in [9.17, 15) is 4.79 Å². The molecule has 1 saturated heterocycles. The van der Waals surface area contributed by atoms with E-state index < -0.39 is 0 Å². The van der Waals surface area contributed by atoms with Gasteiger partial charge in [-0.3, -0.25) is 9.48 Å². The second-order valence-corrected chi connectivity index (χ2v) is 6.85. The number of rotatable bonds is 5. The highest BCUT2D eigenvalue weighted by molar-refractivity contribution is 5.94. The molecule has 6 heteroatoms. The minimum absolute atomic E-state index is 0.0883. The zero-order chi connectivity index (χ0) is 19.3. The molecule has 1 fully saturated rings. The van der Waals surface area contributed by atoms with Gasteiger partial charge in [-0.2, -0.15) is 5.10 Å². The topological polar surface area (TPSA) is 50.6 Å². The van der Waals surface area contributed by atoms with E-state index in [2.05, 4.69) is 16.1 Å². The normalized spacial score (nSPS) is 14.2. The summed E-state index contributed by atoms with van der Waals surface area (Å²) < 4.78 is 7.33. The molecule has 28 heavy (non-hydrogen) atoms. The third-order valence-corrected chi connectivity index (χ3v) is 5.10. The summed E-state index contributed by atoms with van der Waals surface area (Å²) in [6.07, 6.45) is 3.70. The van der Waals surface area contributed by atoms with Gasteiger partial charge >= 0.3 is 0 Å². The fourth-order valence-electron chi connectivity index (χ4n) is 3.56. The summed E-state index contributed by atoms with van der Waals surface area (Å²) in [4.78, 5) is 17.1. The minimum Gasteiger partial charge on any atom is -0.495 e. The van der Waals surface area contributed by atoms with E-state index in [0.29, 0.717) is 19.6 Å². The molecule has 0 radical (unpaired) electrons. The molecule has 0 bridgehead atoms. The number of benzene rings is 2. The van der Waals surface area contributed by atoms with Crippen LogP contribution in [0.4, 0.5) is 5.69 Å². The molecule has 0 atom stereocenters. The van der Waals surface area contributed by atoms with Gasteiger partial charge < -0.3 is 14.5 Å². The van der Waals surface area contributed by atoms with Crippen molar-refractivity contribution in [2.45, 2.75) is 6.54 Å². The Labute approximate surface area is 164 Å². The molecule has 4 rings (SSSR count). The first-order valence-corrected chi connectivity index (χ1v) is 9.48. The zero-order valence-corrected chi connectivity index (χ0v) is 16.0. The Balaban J connectivity index is 1.37. The Hall–Kier alpha value is -3.28. The van der Waals surface area contributed by atoms with Crippen molar-refractivity contribution in [2.24, 2.45) is 0 Å². The number of para-hydroxylation sites is 2. The molecule has 3 aromatic rings. The van der Waals surface area contributed by atoms with Gasteiger partial charge in [0.15, 0.2) is 0 Å². The molecule has 0 N–H and O–H groups in total. The number of amides is 1. The summed E-state index contributed by atoms with van der Waals surface area (Å²) in [5.74, 6) is 0.959. The summed E-state index contributed by atoms with van der Waals surface area (Å²) in [5.41, 5.74) is 2.94. The van der Waals surface area contributed by atoms with Crippen LogP contribution in [0.25, 0.3) is 0 Å². The van der Waals surface area contributed by atoms with Gasteiger partial charge in [0.1, 0.15) is 5.75 Å². The highest BCUT2D eigenvalue weighted by Gasteiger charge is 2.23. The van der Waals surface area contributed by atoms with Crippen LogP contribution in [0.5, 0.6) is 5.75 Å². The van der Waals surface area contributed by atoms with E-state index in [1.165, 1.54) is 0 Å². The van der Waals surface area contributed by atoms with Crippen molar-refractivity contribution in [1.82, 2.24) is 14.7 Å². The summed E-state index contributed by atoms with van der Waals surface area (Å²) in [6, 6.07) is 17.7. The number of hydrogen-bond acceptors (Lipinski definition) is 4. The monoisotopic (exact) mass is 376 g/mol. The standard InChI is InChI=1S/C22H24N4O2/c1-28-21-6-3-2-5-20(21)24-13-15-25(16-14-24)22(27)19-9-7-18(8-10-19)17-26-12-4-11-23-26/h2-12H,13-17H2,1H3. The SMILES string of the molecule is COc1ccccc1N1CCN(C(=O)c2ccc(Cn3cccn3)cc2)CC1. The summed E-state index contributed by atoms with van der Waals surface area (Å²) in [5, 5.41) is 4.21. The highest BCUT2D eigenvalue weighted by Crippen LogP contribution is 2.28. The number of carbonyl (C=O) groups excluding carboxylic acids is 1. The Morgan fingerprint density at radius 1 is 1.00 bits per heavy atom. The first-order chi connectivity index (χ1) is 13.7. The average molecular weight is 376 g/mol. The first-order valence-electron chi connectivity index (χ1n) is 9.48. The van der Waals surface area contributed by atoms with Gasteiger partial charge in [-0.05, 0) is 35.9 Å². The summed E-state index contributed by atoms with van der Waals surface area (Å²) in [7, 11) is 1.69. The van der Waals surface area contributed by atoms with E-state index in [4.69, 9.17) is 4.74 Å². The van der Waals surface area contributed by atoms with Crippen molar-refractivity contribution in [2.75, 3.05) is 38.2 Å². The molecule has 0 unspecified atom stereocenters. The second kappa shape index (κ2) is 8.17. The van der Waals surface area contributed by atoms with Crippen LogP contribution in [0.1, 0.15) is 15.9 Å². The number of hydrogen-bond donors (Lipinski definition) is 0. The van der Waals surface area contributed by atoms with Crippen LogP contribution in [0.15, 0.2) is 67.0 Å². The van der Waals surface area contributed by atoms with Crippen molar-refractivity contribution in [3.63, 3.8) is 0 Å². The number of piperazine rings is 1. The van der Waals surface area contributed by atoms with Crippen molar-refractivity contribution < 1.29 is 9.53 Å². The Morgan fingerprint density at radius 3 is 2.43 bits per heavy atom. The van der Waals surface area contributed by atoms with Crippen LogP contribution < -0.4 is 9.64 Å². The number of nitrogens with zero attached hydrogens (tertiary/aromatic N) is 4. The molecule has 144 valence electrons. The van der Waals surface area contributed by atoms with Gasteiger partial charge in [-0.15, -0.1) is 0 Å². The van der Waals surface area contributed by atoms with Crippen LogP contribution in [-0.2, 0) is 6.54 Å². The van der Waals surface area contributed by atoms with Crippen molar-refractivity contribution >= 4 is 11.6 Å². The number of methoxy groups -OCH3 is 1. The van der Waals surface area contributed by atoms with E-state index >= 15 is 0 Å². The molecule has 1 amide bonds.